The van der Waals surface area contributed by atoms with Crippen molar-refractivity contribution in [2.24, 2.45) is 0 Å². The molecule has 0 unspecified atom stereocenters. The quantitative estimate of drug-likeness (QED) is 0.794. The van der Waals surface area contributed by atoms with Crippen molar-refractivity contribution in [2.45, 2.75) is 18.9 Å². The summed E-state index contributed by atoms with van der Waals surface area (Å²) >= 11 is 7.50. The van der Waals surface area contributed by atoms with E-state index in [4.69, 9.17) is 16.0 Å². The predicted octanol–water partition coefficient (Wildman–Crippen LogP) is 4.15. The molecule has 5 nitrogen and oxygen atoms in total. The van der Waals surface area contributed by atoms with Crippen LogP contribution in [0.1, 0.15) is 23.7 Å². The molecule has 2 aromatic rings. The van der Waals surface area contributed by atoms with Gasteiger partial charge in [-0.3, -0.25) is 14.6 Å². The minimum atomic E-state index is -0.208. The Labute approximate surface area is 160 Å². The lowest BCUT2D eigenvalue weighted by Crippen LogP contribution is -2.46. The first-order chi connectivity index (χ1) is 12.7. The summed E-state index contributed by atoms with van der Waals surface area (Å²) in [5.41, 5.74) is 1.61. The second kappa shape index (κ2) is 7.20. The van der Waals surface area contributed by atoms with Crippen LogP contribution < -0.4 is 0 Å². The summed E-state index contributed by atoms with van der Waals surface area (Å²) in [4.78, 5) is 16.6. The van der Waals surface area contributed by atoms with E-state index in [-0.39, 0.29) is 11.8 Å². The third-order valence-corrected chi connectivity index (χ3v) is 6.04. The molecular formula is C19H16ClN3O2S. The van der Waals surface area contributed by atoms with Crippen molar-refractivity contribution in [3.63, 3.8) is 0 Å². The van der Waals surface area contributed by atoms with Gasteiger partial charge in [0.05, 0.1) is 42.0 Å². The number of carbonyl (C=O) groups excluding carboxylic acids is 1. The number of furan rings is 1. The number of hydrogen-bond donors (Lipinski definition) is 0. The van der Waals surface area contributed by atoms with Gasteiger partial charge in [0.2, 0.25) is 5.91 Å². The van der Waals surface area contributed by atoms with Gasteiger partial charge in [-0.25, -0.2) is 0 Å². The van der Waals surface area contributed by atoms with E-state index in [1.54, 1.807) is 23.3 Å². The number of halogens is 1. The highest BCUT2D eigenvalue weighted by Gasteiger charge is 2.38. The summed E-state index contributed by atoms with van der Waals surface area (Å²) in [6.07, 6.45) is 1.94. The molecule has 1 aromatic carbocycles. The number of nitriles is 1. The molecule has 7 heteroatoms. The number of thioether (sulfide) groups is 1. The lowest BCUT2D eigenvalue weighted by atomic mass is 9.86. The lowest BCUT2D eigenvalue weighted by Gasteiger charge is -2.41. The number of carbonyl (C=O) groups is 1. The largest absolute Gasteiger partial charge is 0.468 e. The number of amides is 1. The molecule has 26 heavy (non-hydrogen) atoms. The summed E-state index contributed by atoms with van der Waals surface area (Å²) < 4.78 is 5.40. The number of benzene rings is 1. The third-order valence-electron chi connectivity index (χ3n) is 4.58. The second-order valence-electron chi connectivity index (χ2n) is 6.28. The number of allylic oxidation sites excluding steroid dienone is 1. The normalized spacial score (nSPS) is 20.8. The topological polar surface area (TPSA) is 60.5 Å². The van der Waals surface area contributed by atoms with Gasteiger partial charge in [-0.2, -0.15) is 5.26 Å². The monoisotopic (exact) mass is 385 g/mol. The third kappa shape index (κ3) is 3.26. The smallest absolute Gasteiger partial charge is 0.229 e. The van der Waals surface area contributed by atoms with E-state index in [9.17, 15) is 10.1 Å². The van der Waals surface area contributed by atoms with Crippen molar-refractivity contribution in [3.05, 3.63) is 69.6 Å². The summed E-state index contributed by atoms with van der Waals surface area (Å²) in [6, 6.07) is 13.5. The van der Waals surface area contributed by atoms with Crippen LogP contribution in [-0.2, 0) is 11.3 Å². The Balaban J connectivity index is 1.60. The summed E-state index contributed by atoms with van der Waals surface area (Å²) in [5.74, 6) is 1.40. The zero-order chi connectivity index (χ0) is 18.1. The zero-order valence-electron chi connectivity index (χ0n) is 13.9. The molecule has 0 aliphatic carbocycles. The van der Waals surface area contributed by atoms with Gasteiger partial charge < -0.3 is 4.42 Å². The molecule has 1 amide bonds. The van der Waals surface area contributed by atoms with Crippen LogP contribution in [0.4, 0.5) is 0 Å². The van der Waals surface area contributed by atoms with Crippen LogP contribution in [0.15, 0.2) is 57.7 Å². The first-order valence-electron chi connectivity index (χ1n) is 8.23. The molecule has 3 heterocycles. The van der Waals surface area contributed by atoms with E-state index in [2.05, 4.69) is 11.0 Å². The van der Waals surface area contributed by atoms with Crippen molar-refractivity contribution in [1.29, 1.82) is 5.26 Å². The van der Waals surface area contributed by atoms with Gasteiger partial charge in [0, 0.05) is 17.4 Å². The molecule has 2 aliphatic heterocycles. The van der Waals surface area contributed by atoms with E-state index in [0.29, 0.717) is 36.1 Å². The van der Waals surface area contributed by atoms with E-state index in [1.807, 2.05) is 24.3 Å². The van der Waals surface area contributed by atoms with E-state index in [0.717, 1.165) is 16.4 Å². The van der Waals surface area contributed by atoms with Crippen LogP contribution in [0, 0.1) is 11.3 Å². The Bertz CT molecular complexity index is 887. The second-order valence-corrected chi connectivity index (χ2v) is 7.65. The fraction of sp³-hybridized carbons (Fsp3) is 0.263. The molecule has 1 aromatic heterocycles. The Kier molecular flexibility index (Phi) is 4.77. The van der Waals surface area contributed by atoms with Crippen molar-refractivity contribution in [2.75, 3.05) is 12.5 Å². The lowest BCUT2D eigenvalue weighted by molar-refractivity contribution is -0.132. The van der Waals surface area contributed by atoms with E-state index in [1.165, 1.54) is 11.8 Å². The maximum Gasteiger partial charge on any atom is 0.229 e. The van der Waals surface area contributed by atoms with E-state index >= 15 is 0 Å². The molecule has 0 bridgehead atoms. The van der Waals surface area contributed by atoms with Crippen molar-refractivity contribution in [3.8, 4) is 6.07 Å². The van der Waals surface area contributed by atoms with Crippen LogP contribution in [0.3, 0.4) is 0 Å². The Morgan fingerprint density at radius 3 is 2.81 bits per heavy atom. The average Bonchev–Trinajstić information content (AvgIpc) is 3.15. The molecule has 2 aliphatic rings. The zero-order valence-corrected chi connectivity index (χ0v) is 15.5. The maximum absolute atomic E-state index is 12.8. The maximum atomic E-state index is 12.8. The first-order valence-corrected chi connectivity index (χ1v) is 9.59. The Morgan fingerprint density at radius 1 is 1.31 bits per heavy atom. The van der Waals surface area contributed by atoms with Crippen LogP contribution >= 0.6 is 23.4 Å². The number of fused-ring (bicyclic) bond motifs is 1. The number of rotatable bonds is 3. The fourth-order valence-corrected chi connectivity index (χ4v) is 4.57. The van der Waals surface area contributed by atoms with Gasteiger partial charge in [0.1, 0.15) is 5.76 Å². The standard InChI is InChI=1S/C19H16ClN3O2S/c20-14-5-3-13(4-6-14)16-8-18(24)23-11-22(10-15-2-1-7-25-15)12-26-19(23)17(16)9-21/h1-7,16H,8,10-12H2/t16-/m0/s1. The average molecular weight is 386 g/mol. The summed E-state index contributed by atoms with van der Waals surface area (Å²) in [7, 11) is 0. The highest BCUT2D eigenvalue weighted by molar-refractivity contribution is 8.03. The predicted molar refractivity (Wildman–Crippen MR) is 99.9 cm³/mol. The van der Waals surface area contributed by atoms with Gasteiger partial charge in [-0.15, -0.1) is 0 Å². The van der Waals surface area contributed by atoms with Crippen LogP contribution in [0.5, 0.6) is 0 Å². The van der Waals surface area contributed by atoms with Gasteiger partial charge in [0.15, 0.2) is 0 Å². The molecule has 4 rings (SSSR count). The molecule has 1 fully saturated rings. The van der Waals surface area contributed by atoms with Gasteiger partial charge in [0.25, 0.3) is 0 Å². The van der Waals surface area contributed by atoms with Crippen molar-refractivity contribution >= 4 is 29.3 Å². The molecule has 132 valence electrons. The van der Waals surface area contributed by atoms with Gasteiger partial charge in [-0.1, -0.05) is 35.5 Å². The molecule has 0 N–H and O–H groups in total. The highest BCUT2D eigenvalue weighted by atomic mass is 35.5. The molecule has 1 atom stereocenters. The Hall–Kier alpha value is -2.20. The van der Waals surface area contributed by atoms with Crippen LogP contribution in [0.2, 0.25) is 5.02 Å². The molecule has 1 saturated heterocycles. The number of nitrogens with zero attached hydrogens (tertiary/aromatic N) is 3. The van der Waals surface area contributed by atoms with Gasteiger partial charge >= 0.3 is 0 Å². The summed E-state index contributed by atoms with van der Waals surface area (Å²) in [6.45, 7) is 1.11. The minimum absolute atomic E-state index is 0.0376. The first kappa shape index (κ1) is 17.2. The summed E-state index contributed by atoms with van der Waals surface area (Å²) in [5, 5.41) is 11.2. The number of hydrogen-bond acceptors (Lipinski definition) is 5. The molecule has 0 spiro atoms. The SMILES string of the molecule is N#CC1=C2SCN(Cc3ccco3)CN2C(=O)C[C@H]1c1ccc(Cl)cc1. The van der Waals surface area contributed by atoms with Crippen LogP contribution in [0.25, 0.3) is 0 Å². The van der Waals surface area contributed by atoms with Crippen molar-refractivity contribution in [1.82, 2.24) is 9.80 Å². The van der Waals surface area contributed by atoms with Crippen molar-refractivity contribution < 1.29 is 9.21 Å². The van der Waals surface area contributed by atoms with E-state index < -0.39 is 0 Å². The molecule has 0 radical (unpaired) electrons. The minimum Gasteiger partial charge on any atom is -0.468 e. The molecular weight excluding hydrogens is 370 g/mol. The highest BCUT2D eigenvalue weighted by Crippen LogP contribution is 2.42. The van der Waals surface area contributed by atoms with Gasteiger partial charge in [-0.05, 0) is 29.8 Å². The molecule has 0 saturated carbocycles. The fourth-order valence-electron chi connectivity index (χ4n) is 3.31. The van der Waals surface area contributed by atoms with Crippen LogP contribution in [-0.4, -0.2) is 28.3 Å². The Morgan fingerprint density at radius 2 is 2.12 bits per heavy atom.